The molecule has 0 aromatic carbocycles. The second-order valence-electron chi connectivity index (χ2n) is 10.3. The van der Waals surface area contributed by atoms with E-state index < -0.39 is 26.5 Å². The van der Waals surface area contributed by atoms with E-state index in [-0.39, 0.29) is 38.6 Å². The van der Waals surface area contributed by atoms with Crippen LogP contribution in [0.1, 0.15) is 136 Å². The summed E-state index contributed by atoms with van der Waals surface area (Å²) < 4.78 is 32.4. The lowest BCUT2D eigenvalue weighted by Crippen LogP contribution is -2.29. The number of carbonyl (C=O) groups is 2. The molecule has 2 unspecified atom stereocenters. The predicted molar refractivity (Wildman–Crippen MR) is 160 cm³/mol. The van der Waals surface area contributed by atoms with Crippen LogP contribution in [0.3, 0.4) is 0 Å². The first kappa shape index (κ1) is 38.8. The Morgan fingerprint density at radius 1 is 0.725 bits per heavy atom. The quantitative estimate of drug-likeness (QED) is 0.0391. The Balaban J connectivity index is 4.35. The van der Waals surface area contributed by atoms with Gasteiger partial charge in [0, 0.05) is 19.4 Å². The molecule has 0 spiro atoms. The van der Waals surface area contributed by atoms with Gasteiger partial charge < -0.3 is 20.1 Å². The maximum Gasteiger partial charge on any atom is 0.472 e. The number of nitrogens with two attached hydrogens (primary N) is 1. The number of esters is 2. The maximum absolute atomic E-state index is 12.4. The van der Waals surface area contributed by atoms with Crippen molar-refractivity contribution in [3.63, 3.8) is 0 Å². The molecule has 0 rings (SSSR count). The molecule has 9 nitrogen and oxygen atoms in total. The van der Waals surface area contributed by atoms with Gasteiger partial charge in [-0.05, 0) is 32.1 Å². The summed E-state index contributed by atoms with van der Waals surface area (Å²) in [5.41, 5.74) is 5.30. The first-order chi connectivity index (χ1) is 19.3. The van der Waals surface area contributed by atoms with Gasteiger partial charge in [0.2, 0.25) is 0 Å². The van der Waals surface area contributed by atoms with E-state index in [0.717, 1.165) is 57.8 Å². The molecule has 0 aromatic heterocycles. The molecule has 2 atom stereocenters. The molecule has 0 aliphatic rings. The van der Waals surface area contributed by atoms with Gasteiger partial charge in [-0.3, -0.25) is 18.6 Å². The minimum atomic E-state index is -4.35. The van der Waals surface area contributed by atoms with Crippen molar-refractivity contribution in [2.24, 2.45) is 5.73 Å². The third kappa shape index (κ3) is 26.9. The number of hydrogen-bond donors (Lipinski definition) is 2. The van der Waals surface area contributed by atoms with Crippen LogP contribution in [-0.2, 0) is 32.7 Å². The van der Waals surface area contributed by atoms with E-state index in [9.17, 15) is 19.0 Å². The van der Waals surface area contributed by atoms with E-state index >= 15 is 0 Å². The molecule has 0 aromatic rings. The minimum absolute atomic E-state index is 0.0539. The lowest BCUT2D eigenvalue weighted by Gasteiger charge is -2.19. The maximum atomic E-state index is 12.4. The number of carbonyl (C=O) groups excluding carboxylic acids is 2. The standard InChI is InChI=1S/C30H58NO8P/c1-3-5-7-9-11-13-15-17-19-21-23-30(33)39-28(27-38-40(34,35)37-25-24-31)26-36-29(32)22-20-18-16-14-12-10-8-6-4-2/h7,9,28H,3-6,8,10-27,31H2,1-2H3,(H,34,35)/b9-7-. The highest BCUT2D eigenvalue weighted by molar-refractivity contribution is 7.47. The highest BCUT2D eigenvalue weighted by atomic mass is 31.2. The van der Waals surface area contributed by atoms with Crippen LogP contribution in [0, 0.1) is 0 Å². The van der Waals surface area contributed by atoms with E-state index in [0.29, 0.717) is 6.42 Å². The molecule has 10 heteroatoms. The second-order valence-corrected chi connectivity index (χ2v) is 11.8. The van der Waals surface area contributed by atoms with Crippen LogP contribution in [0.25, 0.3) is 0 Å². The summed E-state index contributed by atoms with van der Waals surface area (Å²) in [6.45, 7) is 3.60. The summed E-state index contributed by atoms with van der Waals surface area (Å²) in [7, 11) is -4.35. The smallest absolute Gasteiger partial charge is 0.462 e. The summed E-state index contributed by atoms with van der Waals surface area (Å²) in [6.07, 6.45) is 22.6. The lowest BCUT2D eigenvalue weighted by molar-refractivity contribution is -0.161. The Bertz CT molecular complexity index is 689. The van der Waals surface area contributed by atoms with Crippen LogP contribution in [0.5, 0.6) is 0 Å². The lowest BCUT2D eigenvalue weighted by atomic mass is 10.1. The number of allylic oxidation sites excluding steroid dienone is 2. The van der Waals surface area contributed by atoms with Crippen LogP contribution in [0.4, 0.5) is 0 Å². The molecule has 0 aliphatic carbocycles. The molecular formula is C30H58NO8P. The number of phosphoric acid groups is 1. The Labute approximate surface area is 243 Å². The minimum Gasteiger partial charge on any atom is -0.462 e. The van der Waals surface area contributed by atoms with Crippen molar-refractivity contribution >= 4 is 19.8 Å². The van der Waals surface area contributed by atoms with Gasteiger partial charge >= 0.3 is 19.8 Å². The van der Waals surface area contributed by atoms with Gasteiger partial charge in [0.15, 0.2) is 6.10 Å². The van der Waals surface area contributed by atoms with Gasteiger partial charge in [-0.25, -0.2) is 4.57 Å². The number of unbranched alkanes of at least 4 members (excludes halogenated alkanes) is 14. The second kappa shape index (κ2) is 27.9. The van der Waals surface area contributed by atoms with Gasteiger partial charge in [0.05, 0.1) is 13.2 Å². The monoisotopic (exact) mass is 591 g/mol. The summed E-state index contributed by atoms with van der Waals surface area (Å²) >= 11 is 0. The van der Waals surface area contributed by atoms with Crippen LogP contribution in [0.2, 0.25) is 0 Å². The normalized spacial score (nSPS) is 13.8. The van der Waals surface area contributed by atoms with Crippen LogP contribution in [0.15, 0.2) is 12.2 Å². The molecule has 40 heavy (non-hydrogen) atoms. The molecule has 0 amide bonds. The van der Waals surface area contributed by atoms with Gasteiger partial charge in [-0.1, -0.05) is 103 Å². The van der Waals surface area contributed by atoms with Crippen LogP contribution >= 0.6 is 7.82 Å². The van der Waals surface area contributed by atoms with E-state index in [1.165, 1.54) is 44.9 Å². The Hall–Kier alpha value is -1.25. The van der Waals surface area contributed by atoms with Gasteiger partial charge in [0.25, 0.3) is 0 Å². The predicted octanol–water partition coefficient (Wildman–Crippen LogP) is 7.54. The highest BCUT2D eigenvalue weighted by Crippen LogP contribution is 2.43. The van der Waals surface area contributed by atoms with E-state index in [1.54, 1.807) is 0 Å². The zero-order valence-corrected chi connectivity index (χ0v) is 26.2. The molecule has 0 bridgehead atoms. The summed E-state index contributed by atoms with van der Waals surface area (Å²) in [5.74, 6) is -0.846. The first-order valence-corrected chi connectivity index (χ1v) is 17.2. The van der Waals surface area contributed by atoms with Gasteiger partial charge in [0.1, 0.15) is 6.61 Å². The number of rotatable bonds is 29. The summed E-state index contributed by atoms with van der Waals surface area (Å²) in [4.78, 5) is 34.3. The zero-order valence-electron chi connectivity index (χ0n) is 25.3. The Morgan fingerprint density at radius 3 is 1.88 bits per heavy atom. The molecule has 0 heterocycles. The van der Waals surface area contributed by atoms with Crippen molar-refractivity contribution in [3.05, 3.63) is 12.2 Å². The van der Waals surface area contributed by atoms with Crippen molar-refractivity contribution in [3.8, 4) is 0 Å². The third-order valence-electron chi connectivity index (χ3n) is 6.38. The van der Waals surface area contributed by atoms with Crippen LogP contribution < -0.4 is 5.73 Å². The van der Waals surface area contributed by atoms with E-state index in [4.69, 9.17) is 24.3 Å². The topological polar surface area (TPSA) is 134 Å². The molecule has 236 valence electrons. The average molecular weight is 592 g/mol. The average Bonchev–Trinajstić information content (AvgIpc) is 2.93. The highest BCUT2D eigenvalue weighted by Gasteiger charge is 2.25. The molecule has 0 aliphatic heterocycles. The number of hydrogen-bond acceptors (Lipinski definition) is 8. The molecule has 0 saturated carbocycles. The van der Waals surface area contributed by atoms with Gasteiger partial charge in [-0.15, -0.1) is 0 Å². The van der Waals surface area contributed by atoms with Gasteiger partial charge in [-0.2, -0.15) is 0 Å². The molecule has 0 radical (unpaired) electrons. The van der Waals surface area contributed by atoms with Crippen LogP contribution in [-0.4, -0.2) is 49.3 Å². The molecule has 0 saturated heterocycles. The first-order valence-electron chi connectivity index (χ1n) is 15.7. The number of ether oxygens (including phenoxy) is 2. The van der Waals surface area contributed by atoms with Crippen molar-refractivity contribution < 1.29 is 37.6 Å². The fourth-order valence-electron chi connectivity index (χ4n) is 4.05. The van der Waals surface area contributed by atoms with Crippen molar-refractivity contribution in [2.75, 3.05) is 26.4 Å². The molecule has 3 N–H and O–H groups in total. The summed E-state index contributed by atoms with van der Waals surface area (Å²) in [6, 6.07) is 0. The molecular weight excluding hydrogens is 533 g/mol. The third-order valence-corrected chi connectivity index (χ3v) is 7.37. The number of phosphoric ester groups is 1. The van der Waals surface area contributed by atoms with Crippen molar-refractivity contribution in [2.45, 2.75) is 142 Å². The van der Waals surface area contributed by atoms with Crippen molar-refractivity contribution in [1.29, 1.82) is 0 Å². The van der Waals surface area contributed by atoms with E-state index in [1.807, 2.05) is 0 Å². The van der Waals surface area contributed by atoms with E-state index in [2.05, 4.69) is 26.0 Å². The molecule has 0 fully saturated rings. The Kier molecular flexibility index (Phi) is 27.0. The van der Waals surface area contributed by atoms with Crippen molar-refractivity contribution in [1.82, 2.24) is 0 Å². The zero-order chi connectivity index (χ0) is 29.7. The largest absolute Gasteiger partial charge is 0.472 e. The fraction of sp³-hybridized carbons (Fsp3) is 0.867. The summed E-state index contributed by atoms with van der Waals surface area (Å²) in [5, 5.41) is 0. The SMILES string of the molecule is CCC/C=C\CCCCCCCC(=O)OC(COC(=O)CCCCCCCCCCC)COP(=O)(O)OCCN. The Morgan fingerprint density at radius 2 is 1.27 bits per heavy atom. The fourth-order valence-corrected chi connectivity index (χ4v) is 4.81.